The van der Waals surface area contributed by atoms with Gasteiger partial charge in [-0.05, 0) is 125 Å². The average molecular weight is 567 g/mol. The van der Waals surface area contributed by atoms with Gasteiger partial charge in [-0.2, -0.15) is 0 Å². The SMILES string of the molecule is CC.CC.CCC(C)(C)c1cccc(OC2(C)CCCCC2)c1.CCC(C)c1cccc(OC2(C)CCCCC2)c1. The molecule has 2 nitrogen and oxygen atoms in total. The molecule has 41 heavy (non-hydrogen) atoms. The fourth-order valence-corrected chi connectivity index (χ4v) is 5.68. The van der Waals surface area contributed by atoms with Crippen molar-refractivity contribution in [3.05, 3.63) is 59.7 Å². The quantitative estimate of drug-likeness (QED) is 0.316. The van der Waals surface area contributed by atoms with E-state index < -0.39 is 0 Å². The number of benzene rings is 2. The predicted octanol–water partition coefficient (Wildman–Crippen LogP) is 12.8. The van der Waals surface area contributed by atoms with Crippen molar-refractivity contribution in [2.24, 2.45) is 0 Å². The van der Waals surface area contributed by atoms with E-state index in [2.05, 4.69) is 97.0 Å². The lowest BCUT2D eigenvalue weighted by molar-refractivity contribution is 0.0483. The van der Waals surface area contributed by atoms with Gasteiger partial charge in [-0.15, -0.1) is 0 Å². The Morgan fingerprint density at radius 3 is 1.56 bits per heavy atom. The van der Waals surface area contributed by atoms with E-state index in [-0.39, 0.29) is 16.6 Å². The maximum atomic E-state index is 6.32. The van der Waals surface area contributed by atoms with E-state index in [1.54, 1.807) is 0 Å². The van der Waals surface area contributed by atoms with Crippen molar-refractivity contribution in [2.75, 3.05) is 0 Å². The summed E-state index contributed by atoms with van der Waals surface area (Å²) in [4.78, 5) is 0. The van der Waals surface area contributed by atoms with E-state index in [4.69, 9.17) is 9.47 Å². The number of rotatable bonds is 8. The lowest BCUT2D eigenvalue weighted by Gasteiger charge is -2.35. The predicted molar refractivity (Wildman–Crippen MR) is 182 cm³/mol. The van der Waals surface area contributed by atoms with Gasteiger partial charge in [-0.1, -0.05) is 99.4 Å². The highest BCUT2D eigenvalue weighted by atomic mass is 16.5. The molecular weight excluding hydrogens is 500 g/mol. The molecular formula is C39H66O2. The summed E-state index contributed by atoms with van der Waals surface area (Å²) in [6.45, 7) is 23.9. The zero-order chi connectivity index (χ0) is 30.9. The van der Waals surface area contributed by atoms with Gasteiger partial charge in [0.15, 0.2) is 0 Å². The van der Waals surface area contributed by atoms with Crippen LogP contribution in [0.2, 0.25) is 0 Å². The zero-order valence-electron chi connectivity index (χ0n) is 29.0. The molecule has 4 rings (SSSR count). The second-order valence-corrected chi connectivity index (χ2v) is 12.9. The van der Waals surface area contributed by atoms with Crippen LogP contribution in [0, 0.1) is 0 Å². The summed E-state index contributed by atoms with van der Waals surface area (Å²) in [6, 6.07) is 17.4. The van der Waals surface area contributed by atoms with Crippen LogP contribution < -0.4 is 9.47 Å². The molecule has 0 spiro atoms. The van der Waals surface area contributed by atoms with Crippen molar-refractivity contribution in [3.8, 4) is 11.5 Å². The van der Waals surface area contributed by atoms with Crippen molar-refractivity contribution in [3.63, 3.8) is 0 Å². The first kappa shape index (κ1) is 37.1. The Morgan fingerprint density at radius 2 is 1.12 bits per heavy atom. The molecule has 2 saturated carbocycles. The van der Waals surface area contributed by atoms with E-state index in [1.165, 1.54) is 81.8 Å². The van der Waals surface area contributed by atoms with Crippen LogP contribution in [0.15, 0.2) is 48.5 Å². The molecule has 2 heteroatoms. The van der Waals surface area contributed by atoms with E-state index in [0.29, 0.717) is 5.92 Å². The first-order valence-electron chi connectivity index (χ1n) is 17.2. The van der Waals surface area contributed by atoms with Crippen LogP contribution in [-0.4, -0.2) is 11.2 Å². The van der Waals surface area contributed by atoms with E-state index in [1.807, 2.05) is 27.7 Å². The number of hydrogen-bond donors (Lipinski definition) is 0. The fraction of sp³-hybridized carbons (Fsp3) is 0.692. The Kier molecular flexibility index (Phi) is 16.8. The molecule has 2 aromatic rings. The van der Waals surface area contributed by atoms with Gasteiger partial charge in [0.2, 0.25) is 0 Å². The summed E-state index contributed by atoms with van der Waals surface area (Å²) in [7, 11) is 0. The van der Waals surface area contributed by atoms with Gasteiger partial charge in [0, 0.05) is 0 Å². The molecule has 1 atom stereocenters. The lowest BCUT2D eigenvalue weighted by atomic mass is 9.82. The Morgan fingerprint density at radius 1 is 0.683 bits per heavy atom. The third-order valence-corrected chi connectivity index (χ3v) is 9.09. The minimum Gasteiger partial charge on any atom is -0.488 e. The second-order valence-electron chi connectivity index (χ2n) is 12.9. The van der Waals surface area contributed by atoms with Crippen LogP contribution in [0.1, 0.15) is 170 Å². The minimum atomic E-state index is 0.0488. The van der Waals surface area contributed by atoms with Crippen molar-refractivity contribution >= 4 is 0 Å². The molecule has 1 unspecified atom stereocenters. The van der Waals surface area contributed by atoms with Crippen molar-refractivity contribution < 1.29 is 9.47 Å². The summed E-state index contributed by atoms with van der Waals surface area (Å²) in [6.07, 6.45) is 15.0. The summed E-state index contributed by atoms with van der Waals surface area (Å²) in [5.41, 5.74) is 3.12. The molecule has 2 aliphatic carbocycles. The highest BCUT2D eigenvalue weighted by Gasteiger charge is 2.30. The maximum absolute atomic E-state index is 6.32. The van der Waals surface area contributed by atoms with Gasteiger partial charge in [-0.3, -0.25) is 0 Å². The topological polar surface area (TPSA) is 18.5 Å². The van der Waals surface area contributed by atoms with Crippen LogP contribution in [0.5, 0.6) is 11.5 Å². The average Bonchev–Trinajstić information content (AvgIpc) is 2.99. The summed E-state index contributed by atoms with van der Waals surface area (Å²) >= 11 is 0. The summed E-state index contributed by atoms with van der Waals surface area (Å²) in [5.74, 6) is 2.72. The molecule has 0 aliphatic heterocycles. The summed E-state index contributed by atoms with van der Waals surface area (Å²) in [5, 5.41) is 0. The molecule has 0 heterocycles. The highest BCUT2D eigenvalue weighted by Crippen LogP contribution is 2.36. The molecule has 2 fully saturated rings. The van der Waals surface area contributed by atoms with Crippen molar-refractivity contribution in [1.29, 1.82) is 0 Å². The Hall–Kier alpha value is -1.96. The fourth-order valence-electron chi connectivity index (χ4n) is 5.68. The largest absolute Gasteiger partial charge is 0.488 e. The van der Waals surface area contributed by atoms with E-state index in [9.17, 15) is 0 Å². The Balaban J connectivity index is 0.000000366. The number of hydrogen-bond acceptors (Lipinski definition) is 2. The van der Waals surface area contributed by atoms with Gasteiger partial charge in [0.1, 0.15) is 22.7 Å². The van der Waals surface area contributed by atoms with E-state index >= 15 is 0 Å². The monoisotopic (exact) mass is 567 g/mol. The van der Waals surface area contributed by atoms with Gasteiger partial charge in [0.05, 0.1) is 0 Å². The molecule has 0 saturated heterocycles. The highest BCUT2D eigenvalue weighted by molar-refractivity contribution is 5.33. The molecule has 234 valence electrons. The maximum Gasteiger partial charge on any atom is 0.120 e. The van der Waals surface area contributed by atoms with Gasteiger partial charge in [-0.25, -0.2) is 0 Å². The number of ether oxygens (including phenoxy) is 2. The molecule has 0 aromatic heterocycles. The van der Waals surface area contributed by atoms with Gasteiger partial charge in [0.25, 0.3) is 0 Å². The Labute approximate surface area is 256 Å². The van der Waals surface area contributed by atoms with Crippen molar-refractivity contribution in [1.82, 2.24) is 0 Å². The van der Waals surface area contributed by atoms with Crippen LogP contribution in [-0.2, 0) is 5.41 Å². The van der Waals surface area contributed by atoms with Crippen LogP contribution in [0.3, 0.4) is 0 Å². The molecule has 0 bridgehead atoms. The van der Waals surface area contributed by atoms with Crippen molar-refractivity contribution in [2.45, 2.75) is 176 Å². The third-order valence-electron chi connectivity index (χ3n) is 9.09. The molecule has 0 amide bonds. The molecule has 2 aromatic carbocycles. The standard InChI is InChI=1S/C18H28O.C17H26O.2C2H6/c1-5-17(2,3)15-10-9-11-16(14-15)19-18(4)12-7-6-8-13-18;1-4-14(2)15-9-8-10-16(13-15)18-17(3)11-6-5-7-12-17;2*1-2/h9-11,14H,5-8,12-13H2,1-4H3;8-10,13-14H,4-7,11-12H2,1-3H3;2*1-2H3. The van der Waals surface area contributed by atoms with Gasteiger partial charge < -0.3 is 9.47 Å². The lowest BCUT2D eigenvalue weighted by Crippen LogP contribution is -2.34. The second kappa shape index (κ2) is 18.6. The molecule has 2 aliphatic rings. The van der Waals surface area contributed by atoms with Crippen LogP contribution >= 0.6 is 0 Å². The normalized spacial score (nSPS) is 18.1. The summed E-state index contributed by atoms with van der Waals surface area (Å²) < 4.78 is 12.6. The molecule has 0 radical (unpaired) electrons. The minimum absolute atomic E-state index is 0.0488. The first-order chi connectivity index (χ1) is 19.6. The zero-order valence-corrected chi connectivity index (χ0v) is 29.0. The molecule has 0 N–H and O–H groups in total. The van der Waals surface area contributed by atoms with Crippen LogP contribution in [0.4, 0.5) is 0 Å². The third kappa shape index (κ3) is 12.4. The Bertz CT molecular complexity index is 948. The van der Waals surface area contributed by atoms with Gasteiger partial charge >= 0.3 is 0 Å². The smallest absolute Gasteiger partial charge is 0.120 e. The van der Waals surface area contributed by atoms with E-state index in [0.717, 1.165) is 17.9 Å². The van der Waals surface area contributed by atoms with Crippen LogP contribution in [0.25, 0.3) is 0 Å². The first-order valence-corrected chi connectivity index (χ1v) is 17.2.